The highest BCUT2D eigenvalue weighted by molar-refractivity contribution is 6.11. The molecule has 1 aliphatic rings. The summed E-state index contributed by atoms with van der Waals surface area (Å²) in [6, 6.07) is 7.54. The lowest BCUT2D eigenvalue weighted by atomic mass is 10.1. The fourth-order valence-electron chi connectivity index (χ4n) is 4.32. The number of hydrogen-bond donors (Lipinski definition) is 2. The predicted octanol–water partition coefficient (Wildman–Crippen LogP) is 3.45. The number of fused-ring (bicyclic) bond motifs is 1. The molecule has 1 aromatic carbocycles. The van der Waals surface area contributed by atoms with E-state index >= 15 is 0 Å². The Morgan fingerprint density at radius 1 is 1.23 bits per heavy atom. The summed E-state index contributed by atoms with van der Waals surface area (Å²) in [5.74, 6) is 0.286. The topological polar surface area (TPSA) is 113 Å². The van der Waals surface area contributed by atoms with E-state index in [1.54, 1.807) is 25.0 Å². The summed E-state index contributed by atoms with van der Waals surface area (Å²) in [7, 11) is 4.51. The van der Waals surface area contributed by atoms with E-state index in [1.165, 1.54) is 7.11 Å². The fraction of sp³-hybridized carbons (Fsp3) is 0.400. The first-order chi connectivity index (χ1) is 17.0. The minimum atomic E-state index is -0.543. The van der Waals surface area contributed by atoms with Crippen LogP contribution in [0.25, 0.3) is 11.0 Å². The highest BCUT2D eigenvalue weighted by Crippen LogP contribution is 2.34. The molecule has 1 amide bonds. The second-order valence-electron chi connectivity index (χ2n) is 8.11. The van der Waals surface area contributed by atoms with Gasteiger partial charge in [-0.3, -0.25) is 4.79 Å². The van der Waals surface area contributed by atoms with Crippen LogP contribution in [0.4, 0.5) is 11.4 Å². The van der Waals surface area contributed by atoms with Gasteiger partial charge < -0.3 is 34.1 Å². The van der Waals surface area contributed by atoms with Crippen LogP contribution in [0.15, 0.2) is 30.5 Å². The molecule has 0 unspecified atom stereocenters. The maximum atomic E-state index is 12.9. The van der Waals surface area contributed by atoms with E-state index in [0.29, 0.717) is 66.6 Å². The Labute approximate surface area is 203 Å². The number of nitrogens with one attached hydrogen (secondary N) is 2. The highest BCUT2D eigenvalue weighted by Gasteiger charge is 2.29. The lowest BCUT2D eigenvalue weighted by molar-refractivity contribution is -0.119. The molecule has 4 rings (SSSR count). The minimum Gasteiger partial charge on any atom is -0.493 e. The van der Waals surface area contributed by atoms with Crippen LogP contribution >= 0.6 is 0 Å². The van der Waals surface area contributed by atoms with E-state index in [0.717, 1.165) is 5.56 Å². The molecule has 1 saturated heterocycles. The van der Waals surface area contributed by atoms with Crippen LogP contribution < -0.4 is 20.1 Å². The van der Waals surface area contributed by atoms with Gasteiger partial charge in [-0.25, -0.2) is 9.78 Å². The quantitative estimate of drug-likeness (QED) is 0.446. The molecule has 0 spiro atoms. The molecule has 35 heavy (non-hydrogen) atoms. The number of methoxy groups -OCH3 is 3. The lowest BCUT2D eigenvalue weighted by Crippen LogP contribution is -2.24. The largest absolute Gasteiger partial charge is 0.493 e. The van der Waals surface area contributed by atoms with Gasteiger partial charge in [-0.05, 0) is 25.5 Å². The molecule has 3 heterocycles. The molecular formula is C25H30N4O6. The lowest BCUT2D eigenvalue weighted by Gasteiger charge is -2.14. The van der Waals surface area contributed by atoms with E-state index in [-0.39, 0.29) is 17.5 Å². The van der Waals surface area contributed by atoms with Gasteiger partial charge in [0.05, 0.1) is 51.4 Å². The zero-order valence-electron chi connectivity index (χ0n) is 20.3. The maximum Gasteiger partial charge on any atom is 0.356 e. The first-order valence-electron chi connectivity index (χ1n) is 11.4. The van der Waals surface area contributed by atoms with Crippen molar-refractivity contribution in [2.75, 3.05) is 45.2 Å². The van der Waals surface area contributed by atoms with Gasteiger partial charge in [-0.15, -0.1) is 0 Å². The van der Waals surface area contributed by atoms with E-state index in [1.807, 2.05) is 31.2 Å². The number of amides is 1. The molecule has 3 aromatic rings. The second-order valence-corrected chi connectivity index (χ2v) is 8.11. The Hall–Kier alpha value is -3.79. The molecule has 0 saturated carbocycles. The van der Waals surface area contributed by atoms with Gasteiger partial charge in [0.1, 0.15) is 5.65 Å². The van der Waals surface area contributed by atoms with Crippen LogP contribution in [-0.2, 0) is 27.4 Å². The third kappa shape index (κ3) is 4.74. The Morgan fingerprint density at radius 2 is 2.06 bits per heavy atom. The van der Waals surface area contributed by atoms with Crippen LogP contribution in [0.5, 0.6) is 11.5 Å². The van der Waals surface area contributed by atoms with Gasteiger partial charge in [0, 0.05) is 30.6 Å². The molecule has 0 aliphatic carbocycles. The van der Waals surface area contributed by atoms with E-state index < -0.39 is 5.97 Å². The summed E-state index contributed by atoms with van der Waals surface area (Å²) in [6.45, 7) is 3.74. The summed E-state index contributed by atoms with van der Waals surface area (Å²) in [4.78, 5) is 30.3. The fourth-order valence-corrected chi connectivity index (χ4v) is 4.32. The van der Waals surface area contributed by atoms with Crippen molar-refractivity contribution in [2.24, 2.45) is 5.92 Å². The van der Waals surface area contributed by atoms with E-state index in [2.05, 4.69) is 15.6 Å². The molecule has 2 N–H and O–H groups in total. The van der Waals surface area contributed by atoms with Crippen molar-refractivity contribution in [3.05, 3.63) is 41.7 Å². The number of aromatic nitrogens is 2. The number of pyridine rings is 1. The number of ether oxygens (including phenoxy) is 4. The predicted molar refractivity (Wildman–Crippen MR) is 131 cm³/mol. The number of anilines is 2. The standard InChI is InChI=1S/C25H30N4O6/c1-5-29-21(25(31)34-4)20(28-24(30)16-9-10-35-14-16)18-11-17(13-27-23(18)29)26-12-15-7-6-8-19(32-2)22(15)33-3/h6-8,11,13,16,26H,5,9-10,12,14H2,1-4H3,(H,28,30)/t16-/m0/s1. The highest BCUT2D eigenvalue weighted by atomic mass is 16.5. The SMILES string of the molecule is CCn1c(C(=O)OC)c(NC(=O)[C@H]2CCOC2)c2cc(NCc3cccc(OC)c3OC)cnc21. The normalized spacial score (nSPS) is 15.1. The van der Waals surface area contributed by atoms with Crippen LogP contribution in [0.2, 0.25) is 0 Å². The molecular weight excluding hydrogens is 452 g/mol. The number of benzene rings is 1. The van der Waals surface area contributed by atoms with Gasteiger partial charge in [0.25, 0.3) is 0 Å². The maximum absolute atomic E-state index is 12.9. The molecule has 186 valence electrons. The summed E-state index contributed by atoms with van der Waals surface area (Å²) in [6.07, 6.45) is 2.33. The summed E-state index contributed by atoms with van der Waals surface area (Å²) >= 11 is 0. The summed E-state index contributed by atoms with van der Waals surface area (Å²) < 4.78 is 23.0. The van der Waals surface area contributed by atoms with Crippen molar-refractivity contribution in [2.45, 2.75) is 26.4 Å². The molecule has 1 atom stereocenters. The third-order valence-electron chi connectivity index (χ3n) is 6.11. The average Bonchev–Trinajstić information content (AvgIpc) is 3.53. The number of para-hydroxylation sites is 1. The van der Waals surface area contributed by atoms with Gasteiger partial charge in [-0.2, -0.15) is 0 Å². The molecule has 1 fully saturated rings. The van der Waals surface area contributed by atoms with Crippen LogP contribution in [-0.4, -0.2) is 56.0 Å². The molecule has 1 aliphatic heterocycles. The molecule has 10 heteroatoms. The van der Waals surface area contributed by atoms with Crippen molar-refractivity contribution in [1.82, 2.24) is 9.55 Å². The Morgan fingerprint density at radius 3 is 2.71 bits per heavy atom. The average molecular weight is 483 g/mol. The first kappa shape index (κ1) is 24.3. The van der Waals surface area contributed by atoms with Crippen molar-refractivity contribution in [3.8, 4) is 11.5 Å². The van der Waals surface area contributed by atoms with Crippen molar-refractivity contribution in [3.63, 3.8) is 0 Å². The smallest absolute Gasteiger partial charge is 0.356 e. The van der Waals surface area contributed by atoms with Crippen molar-refractivity contribution >= 4 is 34.3 Å². The van der Waals surface area contributed by atoms with Crippen LogP contribution in [0.1, 0.15) is 29.4 Å². The number of hydrogen-bond acceptors (Lipinski definition) is 8. The summed E-state index contributed by atoms with van der Waals surface area (Å²) in [5, 5.41) is 6.94. The minimum absolute atomic E-state index is 0.192. The molecule has 0 bridgehead atoms. The molecule has 0 radical (unpaired) electrons. The molecule has 10 nitrogen and oxygen atoms in total. The summed E-state index contributed by atoms with van der Waals surface area (Å²) in [5.41, 5.74) is 2.85. The number of rotatable bonds is 9. The van der Waals surface area contributed by atoms with E-state index in [4.69, 9.17) is 18.9 Å². The van der Waals surface area contributed by atoms with Crippen molar-refractivity contribution < 1.29 is 28.5 Å². The number of aryl methyl sites for hydroxylation is 1. The van der Waals surface area contributed by atoms with Crippen molar-refractivity contribution in [1.29, 1.82) is 0 Å². The monoisotopic (exact) mass is 482 g/mol. The zero-order valence-corrected chi connectivity index (χ0v) is 20.3. The van der Waals surface area contributed by atoms with Crippen LogP contribution in [0.3, 0.4) is 0 Å². The third-order valence-corrected chi connectivity index (χ3v) is 6.11. The van der Waals surface area contributed by atoms with E-state index in [9.17, 15) is 9.59 Å². The number of carbonyl (C=O) groups excluding carboxylic acids is 2. The number of esters is 1. The Bertz CT molecular complexity index is 1230. The number of carbonyl (C=O) groups is 2. The second kappa shape index (κ2) is 10.6. The van der Waals surface area contributed by atoms with Gasteiger partial charge in [0.2, 0.25) is 5.91 Å². The molecule has 2 aromatic heterocycles. The van der Waals surface area contributed by atoms with Gasteiger partial charge in [0.15, 0.2) is 17.2 Å². The van der Waals surface area contributed by atoms with Gasteiger partial charge >= 0.3 is 5.97 Å². The Balaban J connectivity index is 1.71. The van der Waals surface area contributed by atoms with Crippen LogP contribution in [0, 0.1) is 5.92 Å². The zero-order chi connectivity index (χ0) is 24.9. The first-order valence-corrected chi connectivity index (χ1v) is 11.4. The number of nitrogens with zero attached hydrogens (tertiary/aromatic N) is 2. The van der Waals surface area contributed by atoms with Gasteiger partial charge in [-0.1, -0.05) is 12.1 Å². The Kier molecular flexibility index (Phi) is 7.40.